The molecule has 0 saturated heterocycles. The summed E-state index contributed by atoms with van der Waals surface area (Å²) in [6, 6.07) is 0. The maximum absolute atomic E-state index is 10.4. The Bertz CT molecular complexity index is 120. The molecule has 0 radical (unpaired) electrons. The zero-order valence-corrected chi connectivity index (χ0v) is 7.52. The minimum Gasteiger partial charge on any atom is -0.279 e. The van der Waals surface area contributed by atoms with E-state index in [1.165, 1.54) is 6.92 Å². The second kappa shape index (κ2) is 3.29. The van der Waals surface area contributed by atoms with E-state index in [1.54, 1.807) is 0 Å². The molecule has 1 nitrogen and oxygen atoms in total. The number of alkyl halides is 3. The zero-order chi connectivity index (χ0) is 7.65. The van der Waals surface area contributed by atoms with Crippen molar-refractivity contribution in [3.63, 3.8) is 0 Å². The van der Waals surface area contributed by atoms with E-state index in [9.17, 15) is 4.79 Å². The van der Waals surface area contributed by atoms with Crippen LogP contribution in [0.2, 0.25) is 0 Å². The van der Waals surface area contributed by atoms with Crippen LogP contribution in [0.5, 0.6) is 0 Å². The summed E-state index contributed by atoms with van der Waals surface area (Å²) in [5.74, 6) is 0. The molecule has 0 amide bonds. The van der Waals surface area contributed by atoms with E-state index in [0.717, 1.165) is 0 Å². The second-order valence-corrected chi connectivity index (χ2v) is 3.87. The lowest BCUT2D eigenvalue weighted by Gasteiger charge is -2.16. The van der Waals surface area contributed by atoms with Crippen LogP contribution in [0, 0.1) is 0 Å². The monoisotopic (exact) mass is 208 g/mol. The minimum atomic E-state index is -1.37. The Morgan fingerprint density at radius 2 is 1.89 bits per heavy atom. The van der Waals surface area contributed by atoms with Gasteiger partial charge >= 0.3 is 0 Å². The van der Waals surface area contributed by atoms with Crippen molar-refractivity contribution in [3.8, 4) is 0 Å². The molecule has 0 aromatic heterocycles. The summed E-state index contributed by atoms with van der Waals surface area (Å²) in [5.41, 5.74) is 0. The molecule has 9 heavy (non-hydrogen) atoms. The van der Waals surface area contributed by atoms with Gasteiger partial charge in [-0.15, -0.1) is 34.8 Å². The van der Waals surface area contributed by atoms with Crippen LogP contribution < -0.4 is 0 Å². The third-order valence-corrected chi connectivity index (χ3v) is 2.77. The molecule has 0 rings (SSSR count). The molecule has 0 aliphatic heterocycles. The number of carbonyl (C=O) groups is 1. The van der Waals surface area contributed by atoms with E-state index >= 15 is 0 Å². The molecular weight excluding hydrogens is 206 g/mol. The van der Waals surface area contributed by atoms with Crippen LogP contribution >= 0.6 is 46.4 Å². The number of carbonyl (C=O) groups excluding carboxylic acids is 1. The molecule has 54 valence electrons. The summed E-state index contributed by atoms with van der Waals surface area (Å²) in [7, 11) is 0. The summed E-state index contributed by atoms with van der Waals surface area (Å²) in [5, 5.41) is -0.751. The number of hydrogen-bond donors (Lipinski definition) is 0. The Hall–Kier alpha value is 0.830. The fourth-order valence-electron chi connectivity index (χ4n) is 0.0858. The predicted octanol–water partition coefficient (Wildman–Crippen LogP) is 2.55. The fourth-order valence-corrected chi connectivity index (χ4v) is 0.505. The van der Waals surface area contributed by atoms with Crippen LogP contribution in [0.15, 0.2) is 0 Å². The first kappa shape index (κ1) is 9.83. The van der Waals surface area contributed by atoms with Crippen LogP contribution in [0.3, 0.4) is 0 Å². The predicted molar refractivity (Wildman–Crippen MR) is 40.6 cm³/mol. The average Bonchev–Trinajstić information content (AvgIpc) is 1.65. The highest BCUT2D eigenvalue weighted by Gasteiger charge is 2.36. The number of halogens is 4. The molecule has 0 aromatic carbocycles. The zero-order valence-electron chi connectivity index (χ0n) is 4.50. The van der Waals surface area contributed by atoms with Crippen LogP contribution in [0.4, 0.5) is 0 Å². The van der Waals surface area contributed by atoms with E-state index in [1.807, 2.05) is 0 Å². The van der Waals surface area contributed by atoms with Crippen molar-refractivity contribution in [3.05, 3.63) is 0 Å². The van der Waals surface area contributed by atoms with Crippen molar-refractivity contribution >= 4 is 51.6 Å². The van der Waals surface area contributed by atoms with Crippen molar-refractivity contribution in [2.45, 2.75) is 16.6 Å². The maximum Gasteiger partial charge on any atom is 0.245 e. The largest absolute Gasteiger partial charge is 0.279 e. The van der Waals surface area contributed by atoms with Gasteiger partial charge in [0, 0.05) is 0 Å². The van der Waals surface area contributed by atoms with Crippen molar-refractivity contribution in [2.24, 2.45) is 0 Å². The Labute approximate surface area is 73.2 Å². The molecule has 0 spiro atoms. The van der Waals surface area contributed by atoms with Crippen molar-refractivity contribution < 1.29 is 4.79 Å². The van der Waals surface area contributed by atoms with Gasteiger partial charge in [0.25, 0.3) is 0 Å². The van der Waals surface area contributed by atoms with Gasteiger partial charge in [0.2, 0.25) is 5.24 Å². The average molecular weight is 210 g/mol. The van der Waals surface area contributed by atoms with Gasteiger partial charge < -0.3 is 0 Å². The van der Waals surface area contributed by atoms with E-state index in [4.69, 9.17) is 46.4 Å². The Balaban J connectivity index is 4.19. The van der Waals surface area contributed by atoms with Gasteiger partial charge in [0.1, 0.15) is 9.71 Å². The molecule has 0 heterocycles. The third kappa shape index (κ3) is 2.50. The molecule has 1 unspecified atom stereocenters. The van der Waals surface area contributed by atoms with E-state index in [-0.39, 0.29) is 0 Å². The van der Waals surface area contributed by atoms with Gasteiger partial charge in [-0.1, -0.05) is 0 Å². The minimum absolute atomic E-state index is 0.751. The third-order valence-electron chi connectivity index (χ3n) is 0.794. The second-order valence-electron chi connectivity index (χ2n) is 1.65. The van der Waals surface area contributed by atoms with Gasteiger partial charge in [-0.05, 0) is 18.5 Å². The topological polar surface area (TPSA) is 17.1 Å². The highest BCUT2D eigenvalue weighted by molar-refractivity contribution is 6.73. The molecule has 0 N–H and O–H groups in total. The maximum atomic E-state index is 10.4. The van der Waals surface area contributed by atoms with E-state index in [2.05, 4.69) is 0 Å². The molecule has 0 aliphatic rings. The molecule has 0 bridgehead atoms. The lowest BCUT2D eigenvalue weighted by atomic mass is 10.2. The molecule has 1 atom stereocenters. The summed E-state index contributed by atoms with van der Waals surface area (Å²) in [4.78, 5) is 8.02. The SMILES string of the molecule is CC(Cl)(C(=O)Cl)C(Cl)Cl. The van der Waals surface area contributed by atoms with E-state index < -0.39 is 15.0 Å². The molecule has 0 saturated carbocycles. The molecule has 0 aliphatic carbocycles. The molecular formula is C4H4Cl4O. The van der Waals surface area contributed by atoms with Gasteiger partial charge in [-0.2, -0.15) is 0 Å². The van der Waals surface area contributed by atoms with Crippen LogP contribution in [0.25, 0.3) is 0 Å². The van der Waals surface area contributed by atoms with Gasteiger partial charge in [-0.25, -0.2) is 0 Å². The van der Waals surface area contributed by atoms with Crippen molar-refractivity contribution in [1.82, 2.24) is 0 Å². The Morgan fingerprint density at radius 3 is 1.89 bits per heavy atom. The molecule has 0 fully saturated rings. The Morgan fingerprint density at radius 1 is 1.56 bits per heavy atom. The van der Waals surface area contributed by atoms with Crippen LogP contribution in [-0.2, 0) is 4.79 Å². The summed E-state index contributed by atoms with van der Waals surface area (Å²) in [6.45, 7) is 1.36. The molecule has 0 aromatic rings. The van der Waals surface area contributed by atoms with Crippen molar-refractivity contribution in [1.29, 1.82) is 0 Å². The van der Waals surface area contributed by atoms with E-state index in [0.29, 0.717) is 0 Å². The smallest absolute Gasteiger partial charge is 0.245 e. The van der Waals surface area contributed by atoms with Gasteiger partial charge in [0.15, 0.2) is 0 Å². The number of hydrogen-bond acceptors (Lipinski definition) is 1. The quantitative estimate of drug-likeness (QED) is 0.505. The van der Waals surface area contributed by atoms with Crippen LogP contribution in [-0.4, -0.2) is 15.0 Å². The normalized spacial score (nSPS) is 17.6. The lowest BCUT2D eigenvalue weighted by Crippen LogP contribution is -2.31. The lowest BCUT2D eigenvalue weighted by molar-refractivity contribution is -0.113. The number of rotatable bonds is 2. The summed E-state index contributed by atoms with van der Waals surface area (Å²) in [6.07, 6.45) is 0. The first-order valence-electron chi connectivity index (χ1n) is 2.06. The summed E-state index contributed by atoms with van der Waals surface area (Å²) >= 11 is 21.1. The standard InChI is InChI=1S/C4H4Cl4O/c1-4(8,2(5)6)3(7)9/h2H,1H3. The first-order chi connectivity index (χ1) is 3.89. The fraction of sp³-hybridized carbons (Fsp3) is 0.750. The highest BCUT2D eigenvalue weighted by Crippen LogP contribution is 2.29. The summed E-state index contributed by atoms with van der Waals surface area (Å²) < 4.78 is 0. The van der Waals surface area contributed by atoms with Crippen molar-refractivity contribution in [2.75, 3.05) is 0 Å². The first-order valence-corrected chi connectivity index (χ1v) is 3.69. The van der Waals surface area contributed by atoms with Gasteiger partial charge in [0.05, 0.1) is 0 Å². The molecule has 5 heteroatoms. The highest BCUT2D eigenvalue weighted by atomic mass is 35.5. The Kier molecular flexibility index (Phi) is 3.59. The van der Waals surface area contributed by atoms with Crippen LogP contribution in [0.1, 0.15) is 6.92 Å². The van der Waals surface area contributed by atoms with Gasteiger partial charge in [-0.3, -0.25) is 4.79 Å².